The molecule has 3 aromatic rings. The summed E-state index contributed by atoms with van der Waals surface area (Å²) in [5, 5.41) is 11.4. The van der Waals surface area contributed by atoms with Crippen LogP contribution in [0.4, 0.5) is 26.4 Å². The predicted octanol–water partition coefficient (Wildman–Crippen LogP) is 5.61. The Morgan fingerprint density at radius 1 is 1.00 bits per heavy atom. The van der Waals surface area contributed by atoms with Crippen molar-refractivity contribution in [2.24, 2.45) is 0 Å². The summed E-state index contributed by atoms with van der Waals surface area (Å²) in [4.78, 5) is 29.3. The second-order valence-electron chi connectivity index (χ2n) is 13.0. The number of carbonyl (C=O) groups is 2. The largest absolute Gasteiger partial charge is 0.488 e. The second-order valence-corrected chi connectivity index (χ2v) is 14.6. The van der Waals surface area contributed by atoms with E-state index in [0.717, 1.165) is 6.26 Å². The minimum absolute atomic E-state index is 0.00566. The Kier molecular flexibility index (Phi) is 9.03. The number of nitrogens with zero attached hydrogens (tertiary/aromatic N) is 3. The number of hydrogen-bond acceptors (Lipinski definition) is 9. The monoisotopic (exact) mass is 647 g/mol. The van der Waals surface area contributed by atoms with Crippen molar-refractivity contribution in [1.82, 2.24) is 10.1 Å². The number of hydrogen-bond donors (Lipinski definition) is 3. The summed E-state index contributed by atoms with van der Waals surface area (Å²) in [6, 6.07) is 10.3. The minimum atomic E-state index is -3.71. The number of ether oxygens (including phenoxy) is 1. The number of alkyl halides is 1. The number of piperidine rings is 1. The Bertz CT molecular complexity index is 1630. The molecule has 1 saturated heterocycles. The highest BCUT2D eigenvalue weighted by Crippen LogP contribution is 2.46. The zero-order valence-corrected chi connectivity index (χ0v) is 27.4. The number of likely N-dealkylation sites (tertiary alicyclic amines) is 1. The first-order chi connectivity index (χ1) is 20.7. The molecular formula is C30H40FN6O7S+. The van der Waals surface area contributed by atoms with Gasteiger partial charge in [-0.1, -0.05) is 9.44 Å². The number of halogens is 1. The van der Waals surface area contributed by atoms with Crippen LogP contribution in [0.5, 0.6) is 5.75 Å². The van der Waals surface area contributed by atoms with Crippen molar-refractivity contribution in [3.8, 4) is 5.75 Å². The lowest BCUT2D eigenvalue weighted by Gasteiger charge is -2.56. The summed E-state index contributed by atoms with van der Waals surface area (Å²) in [7, 11) is -1.93. The van der Waals surface area contributed by atoms with Gasteiger partial charge in [0.1, 0.15) is 41.4 Å². The van der Waals surface area contributed by atoms with Gasteiger partial charge in [0.25, 0.3) is 5.91 Å². The number of nitrogens with one attached hydrogen (secondary N) is 3. The van der Waals surface area contributed by atoms with Crippen LogP contribution in [0.3, 0.4) is 0 Å². The Balaban J connectivity index is 1.32. The number of aromatic nitrogens is 2. The third-order valence-electron chi connectivity index (χ3n) is 8.08. The smallest absolute Gasteiger partial charge is 0.326 e. The van der Waals surface area contributed by atoms with Gasteiger partial charge in [0.2, 0.25) is 5.88 Å². The van der Waals surface area contributed by atoms with Crippen LogP contribution in [-0.2, 0) is 20.1 Å². The lowest BCUT2D eigenvalue weighted by Crippen LogP contribution is -2.73. The number of pyridine rings is 1. The fraction of sp³-hybridized carbons (Fsp3) is 0.467. The lowest BCUT2D eigenvalue weighted by molar-refractivity contribution is -1.14. The van der Waals surface area contributed by atoms with E-state index in [1.165, 1.54) is 26.1 Å². The molecule has 1 aromatic carbocycles. The van der Waals surface area contributed by atoms with Crippen LogP contribution >= 0.6 is 0 Å². The maximum atomic E-state index is 14.0. The van der Waals surface area contributed by atoms with Crippen molar-refractivity contribution in [3.63, 3.8) is 0 Å². The fourth-order valence-electron chi connectivity index (χ4n) is 5.41. The number of anilines is 3. The van der Waals surface area contributed by atoms with Crippen LogP contribution in [0, 0.1) is 0 Å². The van der Waals surface area contributed by atoms with Gasteiger partial charge in [0.15, 0.2) is 5.67 Å². The van der Waals surface area contributed by atoms with E-state index in [2.05, 4.69) is 26.1 Å². The molecule has 1 fully saturated rings. The van der Waals surface area contributed by atoms with Gasteiger partial charge in [0, 0.05) is 30.3 Å². The molecule has 0 bridgehead atoms. The molecular weight excluding hydrogens is 607 g/mol. The van der Waals surface area contributed by atoms with Crippen molar-refractivity contribution in [1.29, 1.82) is 0 Å². The molecule has 45 heavy (non-hydrogen) atoms. The molecule has 0 aliphatic carbocycles. The van der Waals surface area contributed by atoms with Gasteiger partial charge >= 0.3 is 16.1 Å². The third kappa shape index (κ3) is 7.96. The fourth-order valence-corrected chi connectivity index (χ4v) is 6.35. The van der Waals surface area contributed by atoms with Crippen LogP contribution in [0.1, 0.15) is 70.6 Å². The predicted molar refractivity (Wildman–Crippen MR) is 166 cm³/mol. The summed E-state index contributed by atoms with van der Waals surface area (Å²) in [6.07, 6.45) is 3.33. The highest BCUT2D eigenvalue weighted by Gasteiger charge is 2.61. The summed E-state index contributed by atoms with van der Waals surface area (Å²) in [5.41, 5.74) is -1.76. The zero-order valence-electron chi connectivity index (χ0n) is 26.6. The third-order valence-corrected chi connectivity index (χ3v) is 8.65. The van der Waals surface area contributed by atoms with Crippen molar-refractivity contribution in [3.05, 3.63) is 60.0 Å². The van der Waals surface area contributed by atoms with Gasteiger partial charge in [-0.15, -0.1) is 0 Å². The average Bonchev–Trinajstić information content (AvgIpc) is 3.37. The first kappa shape index (κ1) is 33.8. The van der Waals surface area contributed by atoms with Crippen LogP contribution < -0.4 is 20.7 Å². The molecule has 3 heterocycles. The van der Waals surface area contributed by atoms with Gasteiger partial charge < -0.3 is 19.9 Å². The summed E-state index contributed by atoms with van der Waals surface area (Å²) in [5.74, 6) is 0.0312. The van der Waals surface area contributed by atoms with Crippen molar-refractivity contribution in [2.45, 2.75) is 77.2 Å². The number of benzene rings is 1. The minimum Gasteiger partial charge on any atom is -0.488 e. The molecule has 0 saturated carbocycles. The maximum Gasteiger partial charge on any atom is 0.326 e. The van der Waals surface area contributed by atoms with Crippen molar-refractivity contribution >= 4 is 39.3 Å². The van der Waals surface area contributed by atoms with Gasteiger partial charge in [-0.05, 0) is 77.9 Å². The van der Waals surface area contributed by atoms with Gasteiger partial charge in [0.05, 0.1) is 12.5 Å². The SMILES string of the molecule is CC(C)(F)c1cc(NC(=O)Nc2ccc(NC(=O)c3ccc(OC4CC(C)(C)[N+](C)(OS(C)(=O)=O)C(C)(C)C4)cn3)cc2)on1. The van der Waals surface area contributed by atoms with Gasteiger partial charge in [-0.3, -0.25) is 10.1 Å². The maximum absolute atomic E-state index is 14.0. The Labute approximate surface area is 262 Å². The molecule has 0 unspecified atom stereocenters. The van der Waals surface area contributed by atoms with E-state index in [0.29, 0.717) is 30.0 Å². The molecule has 15 heteroatoms. The number of amides is 3. The number of hydroxylamine groups is 3. The molecule has 4 rings (SSSR count). The Hall–Kier alpha value is -4.08. The van der Waals surface area contributed by atoms with Crippen molar-refractivity contribution < 1.29 is 40.6 Å². The highest BCUT2D eigenvalue weighted by atomic mass is 32.2. The van der Waals surface area contributed by atoms with E-state index in [1.807, 2.05) is 27.7 Å². The molecule has 1 aliphatic heterocycles. The first-order valence-electron chi connectivity index (χ1n) is 14.2. The van der Waals surface area contributed by atoms with Crippen molar-refractivity contribution in [2.75, 3.05) is 29.3 Å². The molecule has 244 valence electrons. The zero-order chi connectivity index (χ0) is 33.4. The average molecular weight is 648 g/mol. The summed E-state index contributed by atoms with van der Waals surface area (Å²) >= 11 is 0. The van der Waals surface area contributed by atoms with E-state index in [9.17, 15) is 22.4 Å². The molecule has 3 N–H and O–H groups in total. The molecule has 3 amide bonds. The summed E-state index contributed by atoms with van der Waals surface area (Å²) < 4.78 is 54.7. The second kappa shape index (κ2) is 12.0. The molecule has 0 radical (unpaired) electrons. The number of carbonyl (C=O) groups excluding carboxylic acids is 2. The number of rotatable bonds is 9. The van der Waals surface area contributed by atoms with E-state index < -0.39 is 38.8 Å². The van der Waals surface area contributed by atoms with Gasteiger partial charge in [-0.25, -0.2) is 14.2 Å². The molecule has 13 nitrogen and oxygen atoms in total. The van der Waals surface area contributed by atoms with E-state index in [4.69, 9.17) is 13.5 Å². The topological polar surface area (TPSA) is 162 Å². The highest BCUT2D eigenvalue weighted by molar-refractivity contribution is 7.85. The quantitative estimate of drug-likeness (QED) is 0.251. The molecule has 0 spiro atoms. The van der Waals surface area contributed by atoms with Gasteiger partial charge in [-0.2, -0.15) is 13.1 Å². The standard InChI is InChI=1S/C30H39FN6O7S/c1-28(2)16-22(17-29(3,4)37(28,7)44-45(8,40)41)42-21-13-14-23(32-18-21)26(38)33-19-9-11-20(12-10-19)34-27(39)35-25-15-24(36-43-25)30(5,6)31/h9-15,18,22H,16-17H2,1-8H3,(H2-,32,33,34,35,36,38,39)/p+1. The number of quaternary nitrogens is 1. The van der Waals surface area contributed by atoms with E-state index in [1.54, 1.807) is 43.4 Å². The molecule has 1 aliphatic rings. The van der Waals surface area contributed by atoms with Crippen LogP contribution in [0.15, 0.2) is 53.2 Å². The normalized spacial score (nSPS) is 21.0. The van der Waals surface area contributed by atoms with Crippen LogP contribution in [-0.4, -0.2) is 65.6 Å². The Morgan fingerprint density at radius 3 is 2.07 bits per heavy atom. The van der Waals surface area contributed by atoms with E-state index in [-0.39, 0.29) is 28.0 Å². The van der Waals surface area contributed by atoms with Crippen LogP contribution in [0.2, 0.25) is 0 Å². The van der Waals surface area contributed by atoms with Crippen LogP contribution in [0.25, 0.3) is 0 Å². The lowest BCUT2D eigenvalue weighted by atomic mass is 9.78. The number of urea groups is 1. The van der Waals surface area contributed by atoms with E-state index >= 15 is 0 Å². The molecule has 2 aromatic heterocycles. The first-order valence-corrected chi connectivity index (χ1v) is 16.1. The molecule has 0 atom stereocenters. The summed E-state index contributed by atoms with van der Waals surface area (Å²) in [6.45, 7) is 10.4. The Morgan fingerprint density at radius 2 is 1.58 bits per heavy atom.